The molecule has 2 aliphatic heterocycles. The molecular formula is C46H35Cl2N5O7. The number of carbonyl (C=O) groups excluding carboxylic acids is 2. The summed E-state index contributed by atoms with van der Waals surface area (Å²) < 4.78 is 18.6. The third-order valence-electron chi connectivity index (χ3n) is 10.4. The number of benzene rings is 5. The highest BCUT2D eigenvalue weighted by atomic mass is 35.5. The van der Waals surface area contributed by atoms with Gasteiger partial charge in [-0.1, -0.05) is 77.8 Å². The fraction of sp³-hybridized carbons (Fsp3) is 0.174. The number of carbonyl (C=O) groups is 3. The monoisotopic (exact) mass is 839 g/mol. The molecule has 3 heterocycles. The predicted molar refractivity (Wildman–Crippen MR) is 222 cm³/mol. The number of carboxylic acid groups (broad SMARTS) is 1. The Hall–Kier alpha value is -6.94. The first-order chi connectivity index (χ1) is 29.1. The van der Waals surface area contributed by atoms with Crippen LogP contribution in [0, 0.1) is 11.3 Å². The lowest BCUT2D eigenvalue weighted by Crippen LogP contribution is -2.56. The van der Waals surface area contributed by atoms with Crippen LogP contribution in [0.4, 0.5) is 0 Å². The first-order valence-corrected chi connectivity index (χ1v) is 19.7. The molecule has 0 radical (unpaired) electrons. The maximum absolute atomic E-state index is 14.1. The first-order valence-electron chi connectivity index (χ1n) is 18.9. The van der Waals surface area contributed by atoms with Gasteiger partial charge in [-0.3, -0.25) is 14.6 Å². The summed E-state index contributed by atoms with van der Waals surface area (Å²) in [7, 11) is 0. The summed E-state index contributed by atoms with van der Waals surface area (Å²) in [5, 5.41) is 23.0. The Kier molecular flexibility index (Phi) is 11.6. The minimum atomic E-state index is -1.28. The highest BCUT2D eigenvalue weighted by molar-refractivity contribution is 6.42. The van der Waals surface area contributed by atoms with Crippen molar-refractivity contribution in [1.29, 1.82) is 5.26 Å². The van der Waals surface area contributed by atoms with Crippen molar-refractivity contribution < 1.29 is 33.7 Å². The van der Waals surface area contributed by atoms with Gasteiger partial charge < -0.3 is 29.5 Å². The Morgan fingerprint density at radius 3 is 2.28 bits per heavy atom. The average Bonchev–Trinajstić information content (AvgIpc) is 3.28. The Bertz CT molecular complexity index is 2600. The van der Waals surface area contributed by atoms with E-state index < -0.39 is 36.0 Å². The lowest BCUT2D eigenvalue weighted by atomic mass is 9.91. The number of nitriles is 1. The van der Waals surface area contributed by atoms with Crippen molar-refractivity contribution in [2.75, 3.05) is 6.61 Å². The van der Waals surface area contributed by atoms with Gasteiger partial charge in [-0.15, -0.1) is 0 Å². The Labute approximate surface area is 354 Å². The quantitative estimate of drug-likeness (QED) is 0.132. The van der Waals surface area contributed by atoms with Gasteiger partial charge in [-0.2, -0.15) is 5.26 Å². The number of nitrogens with zero attached hydrogens (tertiary/aromatic N) is 4. The molecule has 8 rings (SSSR count). The van der Waals surface area contributed by atoms with Gasteiger partial charge in [-0.25, -0.2) is 9.78 Å². The Morgan fingerprint density at radius 2 is 1.60 bits per heavy atom. The van der Waals surface area contributed by atoms with Gasteiger partial charge >= 0.3 is 5.97 Å². The van der Waals surface area contributed by atoms with Gasteiger partial charge in [0.05, 0.1) is 27.9 Å². The standard InChI is InChI=1S/C46H35Cl2N5O7/c47-36-14-5-29(17-37(36)48)25-58-35-12-10-32(11-13-35)43-26-59-41-20-33-19-40(53(24-34(33)21-42(41)60-43)45(55)39-23-50-15-16-51-39)44(54)52-38(46(56)57)18-27-1-6-30(7-2-27)31-8-3-28(22-49)4-9-31/h1-17,20-21,23,38,40,43H,18-19,24-26H2,(H,52,54)(H,56,57)/t38-,40?,43+/m0/s1. The lowest BCUT2D eigenvalue weighted by Gasteiger charge is -2.37. The maximum atomic E-state index is 14.1. The van der Waals surface area contributed by atoms with Crippen molar-refractivity contribution >= 4 is 41.0 Å². The van der Waals surface area contributed by atoms with E-state index in [1.54, 1.807) is 36.4 Å². The van der Waals surface area contributed by atoms with Gasteiger partial charge in [-0.05, 0) is 87.5 Å². The van der Waals surface area contributed by atoms with Crippen LogP contribution in [-0.2, 0) is 35.6 Å². The number of fused-ring (bicyclic) bond motifs is 2. The van der Waals surface area contributed by atoms with E-state index in [-0.39, 0.29) is 31.7 Å². The van der Waals surface area contributed by atoms with Gasteiger partial charge in [0.25, 0.3) is 5.91 Å². The van der Waals surface area contributed by atoms with E-state index in [9.17, 15) is 19.5 Å². The summed E-state index contributed by atoms with van der Waals surface area (Å²) in [5.41, 5.74) is 6.32. The van der Waals surface area contributed by atoms with E-state index in [4.69, 9.17) is 42.7 Å². The summed E-state index contributed by atoms with van der Waals surface area (Å²) in [6, 6.07) is 30.7. The summed E-state index contributed by atoms with van der Waals surface area (Å²) in [4.78, 5) is 50.2. The highest BCUT2D eigenvalue weighted by Gasteiger charge is 2.38. The average molecular weight is 841 g/mol. The molecule has 12 nitrogen and oxygen atoms in total. The molecule has 5 aromatic carbocycles. The third-order valence-corrected chi connectivity index (χ3v) is 11.1. The van der Waals surface area contributed by atoms with E-state index in [0.717, 1.165) is 33.4 Å². The van der Waals surface area contributed by atoms with Crippen LogP contribution in [0.2, 0.25) is 10.0 Å². The van der Waals surface area contributed by atoms with Crippen LogP contribution in [-0.4, -0.2) is 56.4 Å². The Morgan fingerprint density at radius 1 is 0.883 bits per heavy atom. The molecule has 0 saturated heterocycles. The third kappa shape index (κ3) is 8.88. The normalized spacial score (nSPS) is 15.8. The summed E-state index contributed by atoms with van der Waals surface area (Å²) in [6.45, 7) is 0.558. The molecule has 1 unspecified atom stereocenters. The molecule has 3 atom stereocenters. The number of rotatable bonds is 11. The molecule has 2 aliphatic rings. The summed E-state index contributed by atoms with van der Waals surface area (Å²) >= 11 is 12.2. The van der Waals surface area contributed by atoms with Gasteiger partial charge in [0, 0.05) is 31.8 Å². The molecular weight excluding hydrogens is 805 g/mol. The molecule has 0 saturated carbocycles. The molecule has 6 aromatic rings. The number of halogens is 2. The highest BCUT2D eigenvalue weighted by Crippen LogP contribution is 2.41. The molecule has 0 bridgehead atoms. The molecule has 0 spiro atoms. The van der Waals surface area contributed by atoms with Crippen molar-refractivity contribution in [3.8, 4) is 34.4 Å². The molecule has 0 aliphatic carbocycles. The van der Waals surface area contributed by atoms with E-state index in [2.05, 4.69) is 21.4 Å². The second-order valence-corrected chi connectivity index (χ2v) is 15.1. The molecule has 60 heavy (non-hydrogen) atoms. The number of carboxylic acids is 1. The van der Waals surface area contributed by atoms with Crippen molar-refractivity contribution in [2.24, 2.45) is 0 Å². The minimum absolute atomic E-state index is 0.00444. The van der Waals surface area contributed by atoms with Crippen LogP contribution in [0.25, 0.3) is 11.1 Å². The van der Waals surface area contributed by atoms with Crippen LogP contribution in [0.15, 0.2) is 122 Å². The number of hydrogen-bond donors (Lipinski definition) is 2. The predicted octanol–water partition coefficient (Wildman–Crippen LogP) is 7.79. The van der Waals surface area contributed by atoms with Crippen LogP contribution in [0.5, 0.6) is 17.2 Å². The molecule has 14 heteroatoms. The number of nitrogens with one attached hydrogen (secondary N) is 1. The van der Waals surface area contributed by atoms with E-state index >= 15 is 0 Å². The fourth-order valence-electron chi connectivity index (χ4n) is 7.17. The van der Waals surface area contributed by atoms with Crippen LogP contribution < -0.4 is 19.5 Å². The number of amides is 2. The van der Waals surface area contributed by atoms with Gasteiger partial charge in [0.15, 0.2) is 17.6 Å². The second-order valence-electron chi connectivity index (χ2n) is 14.3. The Balaban J connectivity index is 0.974. The SMILES string of the molecule is N#Cc1ccc(-c2ccc(C[C@H](NC(=O)C3Cc4cc5c(cc4CN3C(=O)c3cnccn3)O[C@@H](c3ccc(OCc4ccc(Cl)c(Cl)c4)cc3)CO5)C(=O)O)cc2)cc1. The lowest BCUT2D eigenvalue weighted by molar-refractivity contribution is -0.142. The molecule has 0 fully saturated rings. The zero-order valence-electron chi connectivity index (χ0n) is 31.8. The van der Waals surface area contributed by atoms with Crippen molar-refractivity contribution in [1.82, 2.24) is 20.2 Å². The zero-order chi connectivity index (χ0) is 41.8. The van der Waals surface area contributed by atoms with Crippen molar-refractivity contribution in [3.63, 3.8) is 0 Å². The largest absolute Gasteiger partial charge is 0.489 e. The molecule has 300 valence electrons. The van der Waals surface area contributed by atoms with Crippen molar-refractivity contribution in [3.05, 3.63) is 171 Å². The summed E-state index contributed by atoms with van der Waals surface area (Å²) in [6.07, 6.45) is 3.82. The number of aliphatic carboxylic acids is 1. The topological polar surface area (TPSA) is 164 Å². The van der Waals surface area contributed by atoms with Gasteiger partial charge in [0.1, 0.15) is 36.7 Å². The zero-order valence-corrected chi connectivity index (χ0v) is 33.3. The maximum Gasteiger partial charge on any atom is 0.326 e. The van der Waals surface area contributed by atoms with E-state index in [0.29, 0.717) is 45.0 Å². The van der Waals surface area contributed by atoms with Gasteiger partial charge in [0.2, 0.25) is 5.91 Å². The smallest absolute Gasteiger partial charge is 0.326 e. The molecule has 2 N–H and O–H groups in total. The second kappa shape index (κ2) is 17.5. The van der Waals surface area contributed by atoms with E-state index in [1.807, 2.05) is 66.7 Å². The van der Waals surface area contributed by atoms with Crippen LogP contribution in [0.3, 0.4) is 0 Å². The number of ether oxygens (including phenoxy) is 3. The fourth-order valence-corrected chi connectivity index (χ4v) is 7.49. The van der Waals surface area contributed by atoms with Crippen LogP contribution in [0.1, 0.15) is 50.0 Å². The number of aromatic nitrogens is 2. The summed E-state index contributed by atoms with van der Waals surface area (Å²) in [5.74, 6) is -0.746. The number of hydrogen-bond acceptors (Lipinski definition) is 9. The molecule has 2 amide bonds. The van der Waals surface area contributed by atoms with Crippen LogP contribution >= 0.6 is 23.2 Å². The molecule has 1 aromatic heterocycles. The van der Waals surface area contributed by atoms with E-state index in [1.165, 1.54) is 23.5 Å². The first kappa shape index (κ1) is 39.9. The van der Waals surface area contributed by atoms with Crippen molar-refractivity contribution in [2.45, 2.75) is 44.2 Å². The minimum Gasteiger partial charge on any atom is -0.489 e.